The van der Waals surface area contributed by atoms with Gasteiger partial charge in [0.2, 0.25) is 0 Å². The second kappa shape index (κ2) is 5.30. The predicted octanol–water partition coefficient (Wildman–Crippen LogP) is 1.00. The minimum atomic E-state index is -2.89. The van der Waals surface area contributed by atoms with Crippen molar-refractivity contribution in [3.63, 3.8) is 0 Å². The predicted molar refractivity (Wildman–Crippen MR) is 71.9 cm³/mol. The van der Waals surface area contributed by atoms with Gasteiger partial charge in [-0.2, -0.15) is 0 Å². The molecule has 0 saturated carbocycles. The zero-order valence-electron chi connectivity index (χ0n) is 10.7. The van der Waals surface area contributed by atoms with E-state index in [1.165, 1.54) is 0 Å². The van der Waals surface area contributed by atoms with Crippen LogP contribution in [0, 0.1) is 0 Å². The third kappa shape index (κ3) is 3.54. The van der Waals surface area contributed by atoms with Gasteiger partial charge in [0.15, 0.2) is 9.84 Å². The van der Waals surface area contributed by atoms with Gasteiger partial charge in [0.25, 0.3) is 0 Å². The topological polar surface area (TPSA) is 74.7 Å². The van der Waals surface area contributed by atoms with Gasteiger partial charge in [0, 0.05) is 19.1 Å². The molecule has 1 aromatic rings. The van der Waals surface area contributed by atoms with Crippen LogP contribution in [0.5, 0.6) is 0 Å². The zero-order chi connectivity index (χ0) is 14.0. The van der Waals surface area contributed by atoms with Gasteiger partial charge in [-0.3, -0.25) is 4.90 Å². The Bertz CT molecular complexity index is 565. The molecule has 1 aliphatic rings. The number of aromatic carboxylic acids is 1. The largest absolute Gasteiger partial charge is 0.478 e. The number of rotatable bonds is 3. The summed E-state index contributed by atoms with van der Waals surface area (Å²) in [6, 6.07) is 6.70. The van der Waals surface area contributed by atoms with E-state index in [1.54, 1.807) is 24.3 Å². The SMILES string of the molecule is CC1CS(=O)(=O)CCN1Cc1ccc(C(=O)O)cc1. The molecule has 2 rings (SSSR count). The van der Waals surface area contributed by atoms with Gasteiger partial charge in [-0.1, -0.05) is 12.1 Å². The van der Waals surface area contributed by atoms with Crippen molar-refractivity contribution >= 4 is 15.8 Å². The number of carbonyl (C=O) groups is 1. The lowest BCUT2D eigenvalue weighted by molar-refractivity contribution is 0.0697. The van der Waals surface area contributed by atoms with Crippen LogP contribution < -0.4 is 0 Å². The van der Waals surface area contributed by atoms with Gasteiger partial charge >= 0.3 is 5.97 Å². The molecule has 1 aromatic carbocycles. The molecule has 1 saturated heterocycles. The Labute approximate surface area is 112 Å². The first-order valence-corrected chi connectivity index (χ1v) is 7.96. The second-order valence-electron chi connectivity index (χ2n) is 4.94. The molecule has 1 fully saturated rings. The van der Waals surface area contributed by atoms with Crippen molar-refractivity contribution in [1.29, 1.82) is 0 Å². The Kier molecular flexibility index (Phi) is 3.91. The minimum absolute atomic E-state index is 0.00194. The maximum atomic E-state index is 11.5. The van der Waals surface area contributed by atoms with Gasteiger partial charge in [-0.25, -0.2) is 13.2 Å². The van der Waals surface area contributed by atoms with Gasteiger partial charge in [0.1, 0.15) is 0 Å². The summed E-state index contributed by atoms with van der Waals surface area (Å²) >= 11 is 0. The summed E-state index contributed by atoms with van der Waals surface area (Å²) in [5.74, 6) is -0.547. The van der Waals surface area contributed by atoms with Crippen LogP contribution >= 0.6 is 0 Å². The van der Waals surface area contributed by atoms with Crippen LogP contribution in [0.1, 0.15) is 22.8 Å². The summed E-state index contributed by atoms with van der Waals surface area (Å²) in [5.41, 5.74) is 1.26. The van der Waals surface area contributed by atoms with Crippen LogP contribution in [0.25, 0.3) is 0 Å². The molecule has 1 N–H and O–H groups in total. The van der Waals surface area contributed by atoms with E-state index < -0.39 is 15.8 Å². The highest BCUT2D eigenvalue weighted by atomic mass is 32.2. The lowest BCUT2D eigenvalue weighted by atomic mass is 10.1. The molecule has 1 heterocycles. The Morgan fingerprint density at radius 1 is 1.37 bits per heavy atom. The molecule has 1 atom stereocenters. The molecule has 0 aliphatic carbocycles. The second-order valence-corrected chi connectivity index (χ2v) is 7.16. The maximum Gasteiger partial charge on any atom is 0.335 e. The molecule has 19 heavy (non-hydrogen) atoms. The lowest BCUT2D eigenvalue weighted by Gasteiger charge is -2.33. The van der Waals surface area contributed by atoms with E-state index in [-0.39, 0.29) is 23.1 Å². The smallest absolute Gasteiger partial charge is 0.335 e. The molecular formula is C13H17NO4S. The number of hydrogen-bond donors (Lipinski definition) is 1. The van der Waals surface area contributed by atoms with E-state index in [0.717, 1.165) is 5.56 Å². The lowest BCUT2D eigenvalue weighted by Crippen LogP contribution is -2.46. The van der Waals surface area contributed by atoms with Crippen LogP contribution in [-0.2, 0) is 16.4 Å². The van der Waals surface area contributed by atoms with Gasteiger partial charge in [-0.15, -0.1) is 0 Å². The van der Waals surface area contributed by atoms with Crippen LogP contribution in [0.3, 0.4) is 0 Å². The number of benzene rings is 1. The van der Waals surface area contributed by atoms with Crippen molar-refractivity contribution in [2.45, 2.75) is 19.5 Å². The first-order valence-electron chi connectivity index (χ1n) is 6.14. The van der Waals surface area contributed by atoms with Crippen molar-refractivity contribution in [2.24, 2.45) is 0 Å². The first-order chi connectivity index (χ1) is 8.87. The van der Waals surface area contributed by atoms with Gasteiger partial charge < -0.3 is 5.11 Å². The highest BCUT2D eigenvalue weighted by Gasteiger charge is 2.27. The molecule has 0 spiro atoms. The number of sulfone groups is 1. The summed E-state index contributed by atoms with van der Waals surface area (Å²) < 4.78 is 23.0. The Morgan fingerprint density at radius 3 is 2.53 bits per heavy atom. The maximum absolute atomic E-state index is 11.5. The van der Waals surface area contributed by atoms with Crippen LogP contribution in [0.15, 0.2) is 24.3 Å². The number of nitrogens with zero attached hydrogens (tertiary/aromatic N) is 1. The molecule has 104 valence electrons. The molecule has 6 heteroatoms. The molecule has 0 amide bonds. The summed E-state index contributed by atoms with van der Waals surface area (Å²) in [6.07, 6.45) is 0. The van der Waals surface area contributed by atoms with Crippen molar-refractivity contribution in [1.82, 2.24) is 4.90 Å². The Morgan fingerprint density at radius 2 is 2.00 bits per heavy atom. The molecular weight excluding hydrogens is 266 g/mol. The van der Waals surface area contributed by atoms with Crippen LogP contribution in [-0.4, -0.2) is 48.5 Å². The molecule has 0 bridgehead atoms. The standard InChI is InChI=1S/C13H17NO4S/c1-10-9-19(17,18)7-6-14(10)8-11-2-4-12(5-3-11)13(15)16/h2-5,10H,6-9H2,1H3,(H,15,16). The number of carboxylic acids is 1. The average Bonchev–Trinajstić information content (AvgIpc) is 2.33. The Hall–Kier alpha value is -1.40. The van der Waals surface area contributed by atoms with E-state index in [2.05, 4.69) is 4.90 Å². The van der Waals surface area contributed by atoms with Crippen LogP contribution in [0.2, 0.25) is 0 Å². The monoisotopic (exact) mass is 283 g/mol. The summed E-state index contributed by atoms with van der Waals surface area (Å²) in [6.45, 7) is 3.09. The molecule has 1 unspecified atom stereocenters. The summed E-state index contributed by atoms with van der Waals surface area (Å²) in [7, 11) is -2.89. The van der Waals surface area contributed by atoms with Gasteiger partial charge in [-0.05, 0) is 24.6 Å². The molecule has 0 radical (unpaired) electrons. The normalized spacial score (nSPS) is 23.1. The van der Waals surface area contributed by atoms with E-state index in [0.29, 0.717) is 13.1 Å². The summed E-state index contributed by atoms with van der Waals surface area (Å²) in [4.78, 5) is 12.9. The fourth-order valence-electron chi connectivity index (χ4n) is 2.26. The number of carboxylic acid groups (broad SMARTS) is 1. The molecule has 1 aliphatic heterocycles. The number of hydrogen-bond acceptors (Lipinski definition) is 4. The Balaban J connectivity index is 2.03. The first kappa shape index (κ1) is 14.0. The van der Waals surface area contributed by atoms with Gasteiger partial charge in [0.05, 0.1) is 17.1 Å². The van der Waals surface area contributed by atoms with Crippen molar-refractivity contribution < 1.29 is 18.3 Å². The molecule has 0 aromatic heterocycles. The van der Waals surface area contributed by atoms with Crippen LogP contribution in [0.4, 0.5) is 0 Å². The minimum Gasteiger partial charge on any atom is -0.478 e. The fourth-order valence-corrected chi connectivity index (χ4v) is 3.88. The average molecular weight is 283 g/mol. The van der Waals surface area contributed by atoms with E-state index in [1.807, 2.05) is 6.92 Å². The highest BCUT2D eigenvalue weighted by molar-refractivity contribution is 7.91. The van der Waals surface area contributed by atoms with E-state index in [9.17, 15) is 13.2 Å². The highest BCUT2D eigenvalue weighted by Crippen LogP contribution is 2.15. The summed E-state index contributed by atoms with van der Waals surface area (Å²) in [5, 5.41) is 8.82. The van der Waals surface area contributed by atoms with E-state index in [4.69, 9.17) is 5.11 Å². The third-order valence-corrected chi connectivity index (χ3v) is 5.19. The van der Waals surface area contributed by atoms with Crippen molar-refractivity contribution in [2.75, 3.05) is 18.1 Å². The van der Waals surface area contributed by atoms with E-state index >= 15 is 0 Å². The quantitative estimate of drug-likeness (QED) is 0.896. The molecule has 5 nitrogen and oxygen atoms in total. The van der Waals surface area contributed by atoms with Crippen molar-refractivity contribution in [3.05, 3.63) is 35.4 Å². The van der Waals surface area contributed by atoms with Crippen molar-refractivity contribution in [3.8, 4) is 0 Å². The third-order valence-electron chi connectivity index (χ3n) is 3.39. The fraction of sp³-hybridized carbons (Fsp3) is 0.462. The zero-order valence-corrected chi connectivity index (χ0v) is 11.6.